The van der Waals surface area contributed by atoms with Crippen molar-refractivity contribution in [3.63, 3.8) is 0 Å². The van der Waals surface area contributed by atoms with Crippen LogP contribution in [-0.2, 0) is 21.2 Å². The van der Waals surface area contributed by atoms with Gasteiger partial charge in [-0.1, -0.05) is 48.5 Å². The van der Waals surface area contributed by atoms with Gasteiger partial charge in [0.25, 0.3) is 0 Å². The predicted octanol–water partition coefficient (Wildman–Crippen LogP) is 3.88. The fourth-order valence-electron chi connectivity index (χ4n) is 3.37. The number of rotatable bonds is 10. The lowest BCUT2D eigenvalue weighted by Crippen LogP contribution is -2.39. The molecule has 0 fully saturated rings. The van der Waals surface area contributed by atoms with E-state index in [0.29, 0.717) is 23.6 Å². The number of aryl methyl sites for hydroxylation is 1. The molecule has 0 atom stereocenters. The molecule has 174 valence electrons. The number of nitrogens with zero attached hydrogens (tertiary/aromatic N) is 1. The zero-order valence-electron chi connectivity index (χ0n) is 18.9. The molecule has 1 N–H and O–H groups in total. The summed E-state index contributed by atoms with van der Waals surface area (Å²) in [5.41, 5.74) is 2.52. The Balaban J connectivity index is 1.88. The molecule has 3 rings (SSSR count). The number of hydrogen-bond donors (Lipinski definition) is 1. The zero-order valence-corrected chi connectivity index (χ0v) is 19.8. The van der Waals surface area contributed by atoms with E-state index in [2.05, 4.69) is 5.32 Å². The summed E-state index contributed by atoms with van der Waals surface area (Å²) in [6.45, 7) is 1.70. The molecule has 0 aliphatic heterocycles. The van der Waals surface area contributed by atoms with E-state index >= 15 is 0 Å². The number of para-hydroxylation sites is 1. The molecule has 33 heavy (non-hydrogen) atoms. The van der Waals surface area contributed by atoms with E-state index in [0.717, 1.165) is 11.1 Å². The van der Waals surface area contributed by atoms with E-state index in [-0.39, 0.29) is 18.0 Å². The number of carbonyl (C=O) groups excluding carboxylic acids is 1. The average Bonchev–Trinajstić information content (AvgIpc) is 2.83. The molecule has 0 unspecified atom stereocenters. The maximum Gasteiger partial charge on any atom is 0.243 e. The molecule has 3 aromatic carbocycles. The summed E-state index contributed by atoms with van der Waals surface area (Å²) >= 11 is 0. The molecule has 0 radical (unpaired) electrons. The van der Waals surface area contributed by atoms with Crippen LogP contribution in [-0.4, -0.2) is 45.9 Å². The van der Waals surface area contributed by atoms with E-state index in [4.69, 9.17) is 9.47 Å². The summed E-state index contributed by atoms with van der Waals surface area (Å²) in [6.07, 6.45) is 0.463. The van der Waals surface area contributed by atoms with Gasteiger partial charge < -0.3 is 14.8 Å². The molecule has 1 amide bonds. The van der Waals surface area contributed by atoms with Crippen molar-refractivity contribution < 1.29 is 22.7 Å². The first kappa shape index (κ1) is 24.3. The lowest BCUT2D eigenvalue weighted by molar-refractivity contribution is -0.116. The second-order valence-corrected chi connectivity index (χ2v) is 9.39. The highest BCUT2D eigenvalue weighted by Crippen LogP contribution is 2.30. The molecular weight excluding hydrogens is 440 g/mol. The van der Waals surface area contributed by atoms with E-state index in [1.165, 1.54) is 36.7 Å². The van der Waals surface area contributed by atoms with Crippen LogP contribution in [0.5, 0.6) is 11.5 Å². The van der Waals surface area contributed by atoms with Gasteiger partial charge in [-0.2, -0.15) is 4.31 Å². The summed E-state index contributed by atoms with van der Waals surface area (Å²) in [7, 11) is -1.07. The molecule has 0 saturated heterocycles. The molecule has 0 saturated carbocycles. The summed E-state index contributed by atoms with van der Waals surface area (Å²) < 4.78 is 38.7. The molecule has 3 aromatic rings. The Morgan fingerprint density at radius 3 is 2.24 bits per heavy atom. The van der Waals surface area contributed by atoms with E-state index in [1.807, 2.05) is 55.5 Å². The van der Waals surface area contributed by atoms with Crippen molar-refractivity contribution >= 4 is 21.6 Å². The summed E-state index contributed by atoms with van der Waals surface area (Å²) in [5.74, 6) is 0.303. The number of methoxy groups -OCH3 is 2. The normalized spacial score (nSPS) is 11.3. The quantitative estimate of drug-likeness (QED) is 0.488. The molecule has 0 heterocycles. The van der Waals surface area contributed by atoms with Gasteiger partial charge >= 0.3 is 0 Å². The number of benzene rings is 3. The summed E-state index contributed by atoms with van der Waals surface area (Å²) in [4.78, 5) is 12.9. The Bertz CT molecular complexity index is 1200. The first-order valence-corrected chi connectivity index (χ1v) is 11.9. The number of amides is 1. The third-order valence-corrected chi connectivity index (χ3v) is 7.07. The first-order valence-electron chi connectivity index (χ1n) is 10.5. The minimum absolute atomic E-state index is 0.0249. The highest BCUT2D eigenvalue weighted by Gasteiger charge is 2.28. The van der Waals surface area contributed by atoms with Gasteiger partial charge in [-0.15, -0.1) is 0 Å². The van der Waals surface area contributed by atoms with Crippen LogP contribution in [0, 0.1) is 6.92 Å². The number of ether oxygens (including phenoxy) is 2. The van der Waals surface area contributed by atoms with Crippen LogP contribution in [0.3, 0.4) is 0 Å². The van der Waals surface area contributed by atoms with E-state index in [9.17, 15) is 13.2 Å². The largest absolute Gasteiger partial charge is 0.493 e. The van der Waals surface area contributed by atoms with Crippen LogP contribution in [0.4, 0.5) is 5.69 Å². The van der Waals surface area contributed by atoms with Crippen molar-refractivity contribution in [2.75, 3.05) is 32.6 Å². The lowest BCUT2D eigenvalue weighted by Gasteiger charge is -2.23. The predicted molar refractivity (Wildman–Crippen MR) is 128 cm³/mol. The molecule has 8 heteroatoms. The Labute approximate surface area is 195 Å². The highest BCUT2D eigenvalue weighted by atomic mass is 32.2. The molecule has 0 bridgehead atoms. The van der Waals surface area contributed by atoms with Crippen LogP contribution in [0.15, 0.2) is 77.7 Å². The van der Waals surface area contributed by atoms with Crippen molar-refractivity contribution in [3.05, 3.63) is 83.9 Å². The third-order valence-electron chi connectivity index (χ3n) is 5.22. The monoisotopic (exact) mass is 468 g/mol. The SMILES string of the molecule is COc1ccc(S(=O)(=O)N(CCc2ccccc2)CC(=O)Nc2ccccc2C)cc1OC. The van der Waals surface area contributed by atoms with Gasteiger partial charge in [0.15, 0.2) is 11.5 Å². The third kappa shape index (κ3) is 6.12. The Hall–Kier alpha value is -3.36. The van der Waals surface area contributed by atoms with Crippen LogP contribution in [0.25, 0.3) is 0 Å². The number of anilines is 1. The van der Waals surface area contributed by atoms with Crippen LogP contribution < -0.4 is 14.8 Å². The molecule has 0 aliphatic rings. The van der Waals surface area contributed by atoms with Crippen LogP contribution in [0.1, 0.15) is 11.1 Å². The van der Waals surface area contributed by atoms with Crippen molar-refractivity contribution in [2.45, 2.75) is 18.2 Å². The number of sulfonamides is 1. The fraction of sp³-hybridized carbons (Fsp3) is 0.240. The zero-order chi connectivity index (χ0) is 23.8. The van der Waals surface area contributed by atoms with Crippen LogP contribution >= 0.6 is 0 Å². The van der Waals surface area contributed by atoms with Gasteiger partial charge in [0.05, 0.1) is 25.7 Å². The maximum atomic E-state index is 13.5. The van der Waals surface area contributed by atoms with Gasteiger partial charge in [-0.25, -0.2) is 8.42 Å². The average molecular weight is 469 g/mol. The molecule has 7 nitrogen and oxygen atoms in total. The topological polar surface area (TPSA) is 84.9 Å². The van der Waals surface area contributed by atoms with Crippen LogP contribution in [0.2, 0.25) is 0 Å². The fourth-order valence-corrected chi connectivity index (χ4v) is 4.78. The molecule has 0 aromatic heterocycles. The molecule has 0 spiro atoms. The minimum atomic E-state index is -3.99. The van der Waals surface area contributed by atoms with Crippen molar-refractivity contribution in [2.24, 2.45) is 0 Å². The number of nitrogens with one attached hydrogen (secondary N) is 1. The van der Waals surface area contributed by atoms with E-state index in [1.54, 1.807) is 6.07 Å². The number of hydrogen-bond acceptors (Lipinski definition) is 5. The van der Waals surface area contributed by atoms with Crippen molar-refractivity contribution in [3.8, 4) is 11.5 Å². The molecule has 0 aliphatic carbocycles. The van der Waals surface area contributed by atoms with E-state index < -0.39 is 15.9 Å². The first-order chi connectivity index (χ1) is 15.8. The Morgan fingerprint density at radius 1 is 0.909 bits per heavy atom. The van der Waals surface area contributed by atoms with Gasteiger partial charge in [0.2, 0.25) is 15.9 Å². The minimum Gasteiger partial charge on any atom is -0.493 e. The second kappa shape index (κ2) is 11.0. The number of carbonyl (C=O) groups is 1. The summed E-state index contributed by atoms with van der Waals surface area (Å²) in [5, 5.41) is 2.81. The van der Waals surface area contributed by atoms with Gasteiger partial charge in [0, 0.05) is 18.3 Å². The lowest BCUT2D eigenvalue weighted by atomic mass is 10.1. The standard InChI is InChI=1S/C25H28N2O5S/c1-19-9-7-8-12-22(19)26-25(28)18-27(16-15-20-10-5-4-6-11-20)33(29,30)21-13-14-23(31-2)24(17-21)32-3/h4-14,17H,15-16,18H2,1-3H3,(H,26,28). The Kier molecular flexibility index (Phi) is 8.08. The van der Waals surface area contributed by atoms with Gasteiger partial charge in [-0.05, 0) is 42.7 Å². The van der Waals surface area contributed by atoms with Crippen molar-refractivity contribution in [1.82, 2.24) is 4.31 Å². The van der Waals surface area contributed by atoms with Gasteiger partial charge in [-0.3, -0.25) is 4.79 Å². The maximum absolute atomic E-state index is 13.5. The molecular formula is C25H28N2O5S. The summed E-state index contributed by atoms with van der Waals surface area (Å²) in [6, 6.07) is 21.3. The Morgan fingerprint density at radius 2 is 1.58 bits per heavy atom. The van der Waals surface area contributed by atoms with Gasteiger partial charge in [0.1, 0.15) is 0 Å². The highest BCUT2D eigenvalue weighted by molar-refractivity contribution is 7.89. The smallest absolute Gasteiger partial charge is 0.243 e. The van der Waals surface area contributed by atoms with Crippen molar-refractivity contribution in [1.29, 1.82) is 0 Å². The second-order valence-electron chi connectivity index (χ2n) is 7.45.